The van der Waals surface area contributed by atoms with Crippen LogP contribution in [0, 0.1) is 0 Å². The molecule has 3 rings (SSSR count). The molecule has 1 aliphatic rings. The van der Waals surface area contributed by atoms with Gasteiger partial charge in [0, 0.05) is 26.1 Å². The molecule has 1 fully saturated rings. The number of rotatable bonds is 9. The molecular weight excluding hydrogens is 436 g/mol. The molecule has 1 aliphatic carbocycles. The summed E-state index contributed by atoms with van der Waals surface area (Å²) in [5.41, 5.74) is 3.17. The number of nitrogens with one attached hydrogen (secondary N) is 1. The largest absolute Gasteiger partial charge is 0.459 e. The lowest BCUT2D eigenvalue weighted by Gasteiger charge is -2.35. The minimum atomic E-state index is -0.457. The topological polar surface area (TPSA) is 58.6 Å². The molecule has 0 aromatic heterocycles. The minimum Gasteiger partial charge on any atom is -0.459 e. The van der Waals surface area contributed by atoms with Crippen LogP contribution in [-0.4, -0.2) is 42.0 Å². The summed E-state index contributed by atoms with van der Waals surface area (Å²) in [5.74, 6) is 0.488. The van der Waals surface area contributed by atoms with E-state index in [-0.39, 0.29) is 18.4 Å². The van der Waals surface area contributed by atoms with Crippen LogP contribution in [0.15, 0.2) is 60.7 Å². The van der Waals surface area contributed by atoms with Gasteiger partial charge < -0.3 is 15.0 Å². The van der Waals surface area contributed by atoms with E-state index in [1.165, 1.54) is 5.56 Å². The summed E-state index contributed by atoms with van der Waals surface area (Å²) in [5, 5.41) is 3.16. The molecule has 0 spiro atoms. The van der Waals surface area contributed by atoms with Crippen LogP contribution < -0.4 is 5.32 Å². The molecule has 1 saturated carbocycles. The molecule has 0 saturated heterocycles. The lowest BCUT2D eigenvalue weighted by atomic mass is 9.81. The van der Waals surface area contributed by atoms with Crippen LogP contribution in [0.5, 0.6) is 0 Å². The Balaban J connectivity index is 1.40. The zero-order valence-corrected chi connectivity index (χ0v) is 21.6. The smallest absolute Gasteiger partial charge is 0.320 e. The van der Waals surface area contributed by atoms with Crippen LogP contribution in [0.1, 0.15) is 75.5 Å². The standard InChI is InChI=1S/C30H40N2O3/c1-30(2,3)35-29(34)22-31-21-24-13-15-25(16-14-24)26-17-19-27(20-18-26)32(4)28(33)12-8-11-23-9-6-5-7-10-23/h5-11,13-16,26-27,31H,12,17-22H2,1-4H3/t26-,27-. The molecular formula is C30H40N2O3. The van der Waals surface area contributed by atoms with Gasteiger partial charge in [0.1, 0.15) is 5.60 Å². The van der Waals surface area contributed by atoms with Crippen molar-refractivity contribution in [3.05, 3.63) is 77.4 Å². The zero-order valence-electron chi connectivity index (χ0n) is 21.6. The van der Waals surface area contributed by atoms with Crippen molar-refractivity contribution in [1.29, 1.82) is 0 Å². The summed E-state index contributed by atoms with van der Waals surface area (Å²) in [7, 11) is 1.95. The average Bonchev–Trinajstić information content (AvgIpc) is 2.83. The van der Waals surface area contributed by atoms with E-state index in [1.54, 1.807) is 0 Å². The molecule has 0 radical (unpaired) electrons. The van der Waals surface area contributed by atoms with Gasteiger partial charge in [-0.25, -0.2) is 0 Å². The van der Waals surface area contributed by atoms with E-state index in [0.29, 0.717) is 24.9 Å². The van der Waals surface area contributed by atoms with E-state index in [1.807, 2.05) is 75.2 Å². The Hall–Kier alpha value is -2.92. The first-order valence-electron chi connectivity index (χ1n) is 12.7. The van der Waals surface area contributed by atoms with Gasteiger partial charge >= 0.3 is 5.97 Å². The summed E-state index contributed by atoms with van der Waals surface area (Å²) in [6.07, 6.45) is 8.68. The Morgan fingerprint density at radius 3 is 2.29 bits per heavy atom. The van der Waals surface area contributed by atoms with Gasteiger partial charge in [0.05, 0.1) is 6.54 Å². The van der Waals surface area contributed by atoms with E-state index in [4.69, 9.17) is 4.74 Å². The van der Waals surface area contributed by atoms with Gasteiger partial charge in [-0.15, -0.1) is 0 Å². The average molecular weight is 477 g/mol. The first-order valence-corrected chi connectivity index (χ1v) is 12.7. The SMILES string of the molecule is CN(C(=O)CC=Cc1ccccc1)[C@H]1CC[C@H](c2ccc(CNCC(=O)OC(C)(C)C)cc2)CC1. The third-order valence-corrected chi connectivity index (χ3v) is 6.51. The molecule has 5 nitrogen and oxygen atoms in total. The highest BCUT2D eigenvalue weighted by atomic mass is 16.6. The molecule has 2 aromatic rings. The quantitative estimate of drug-likeness (QED) is 0.471. The predicted molar refractivity (Wildman–Crippen MR) is 142 cm³/mol. The lowest BCUT2D eigenvalue weighted by Crippen LogP contribution is -2.38. The number of esters is 1. The van der Waals surface area contributed by atoms with Gasteiger partial charge in [-0.3, -0.25) is 9.59 Å². The van der Waals surface area contributed by atoms with Gasteiger partial charge in [-0.2, -0.15) is 0 Å². The summed E-state index contributed by atoms with van der Waals surface area (Å²) in [6.45, 7) is 6.46. The highest BCUT2D eigenvalue weighted by molar-refractivity contribution is 5.78. The third kappa shape index (κ3) is 8.99. The van der Waals surface area contributed by atoms with Gasteiger partial charge in [0.25, 0.3) is 0 Å². The van der Waals surface area contributed by atoms with Crippen molar-refractivity contribution in [2.45, 2.75) is 77.0 Å². The number of benzene rings is 2. The maximum Gasteiger partial charge on any atom is 0.320 e. The summed E-state index contributed by atoms with van der Waals surface area (Å²) in [6, 6.07) is 19.1. The molecule has 0 atom stereocenters. The minimum absolute atomic E-state index is 0.184. The van der Waals surface area contributed by atoms with Crippen LogP contribution in [0.4, 0.5) is 0 Å². The fourth-order valence-corrected chi connectivity index (χ4v) is 4.60. The molecule has 0 aliphatic heterocycles. The summed E-state index contributed by atoms with van der Waals surface area (Å²) < 4.78 is 5.32. The maximum absolute atomic E-state index is 12.7. The van der Waals surface area contributed by atoms with Crippen LogP contribution in [-0.2, 0) is 20.9 Å². The molecule has 35 heavy (non-hydrogen) atoms. The first-order chi connectivity index (χ1) is 16.7. The lowest BCUT2D eigenvalue weighted by molar-refractivity contribution is -0.153. The monoisotopic (exact) mass is 476 g/mol. The highest BCUT2D eigenvalue weighted by Crippen LogP contribution is 2.34. The fourth-order valence-electron chi connectivity index (χ4n) is 4.60. The number of carbonyl (C=O) groups excluding carboxylic acids is 2. The Bertz CT molecular complexity index is 969. The highest BCUT2D eigenvalue weighted by Gasteiger charge is 2.26. The van der Waals surface area contributed by atoms with Crippen LogP contribution in [0.2, 0.25) is 0 Å². The number of hydrogen-bond donors (Lipinski definition) is 1. The van der Waals surface area contributed by atoms with E-state index >= 15 is 0 Å². The van der Waals surface area contributed by atoms with E-state index in [0.717, 1.165) is 36.8 Å². The number of carbonyl (C=O) groups is 2. The summed E-state index contributed by atoms with van der Waals surface area (Å²) >= 11 is 0. The number of nitrogens with zero attached hydrogens (tertiary/aromatic N) is 1. The van der Waals surface area contributed by atoms with E-state index in [2.05, 4.69) is 29.6 Å². The van der Waals surface area contributed by atoms with Crippen molar-refractivity contribution in [2.24, 2.45) is 0 Å². The van der Waals surface area contributed by atoms with Gasteiger partial charge in [-0.1, -0.05) is 66.7 Å². The third-order valence-electron chi connectivity index (χ3n) is 6.51. The first kappa shape index (κ1) is 26.7. The van der Waals surface area contributed by atoms with Crippen molar-refractivity contribution >= 4 is 18.0 Å². The van der Waals surface area contributed by atoms with Crippen LogP contribution in [0.3, 0.4) is 0 Å². The molecule has 0 unspecified atom stereocenters. The van der Waals surface area contributed by atoms with Gasteiger partial charge in [-0.05, 0) is 69.1 Å². The predicted octanol–water partition coefficient (Wildman–Crippen LogP) is 5.71. The number of ether oxygens (including phenoxy) is 1. The molecule has 5 heteroatoms. The Morgan fingerprint density at radius 1 is 1.00 bits per heavy atom. The van der Waals surface area contributed by atoms with E-state index < -0.39 is 5.60 Å². The molecule has 2 aromatic carbocycles. The molecule has 1 N–H and O–H groups in total. The fraction of sp³-hybridized carbons (Fsp3) is 0.467. The second-order valence-electron chi connectivity index (χ2n) is 10.5. The van der Waals surface area contributed by atoms with Crippen molar-refractivity contribution in [3.8, 4) is 0 Å². The van der Waals surface area contributed by atoms with Crippen molar-refractivity contribution in [1.82, 2.24) is 10.2 Å². The van der Waals surface area contributed by atoms with Crippen molar-refractivity contribution in [3.63, 3.8) is 0 Å². The second-order valence-corrected chi connectivity index (χ2v) is 10.5. The number of hydrogen-bond acceptors (Lipinski definition) is 4. The van der Waals surface area contributed by atoms with E-state index in [9.17, 15) is 9.59 Å². The molecule has 0 bridgehead atoms. The van der Waals surface area contributed by atoms with Crippen molar-refractivity contribution < 1.29 is 14.3 Å². The van der Waals surface area contributed by atoms with Crippen LogP contribution >= 0.6 is 0 Å². The van der Waals surface area contributed by atoms with Crippen LogP contribution in [0.25, 0.3) is 6.08 Å². The molecule has 188 valence electrons. The van der Waals surface area contributed by atoms with Gasteiger partial charge in [0.15, 0.2) is 0 Å². The second kappa shape index (κ2) is 12.7. The van der Waals surface area contributed by atoms with Gasteiger partial charge in [0.2, 0.25) is 5.91 Å². The zero-order chi connectivity index (χ0) is 25.3. The number of amides is 1. The molecule has 0 heterocycles. The summed E-state index contributed by atoms with van der Waals surface area (Å²) in [4.78, 5) is 26.4. The molecule has 1 amide bonds. The normalized spacial score (nSPS) is 18.4. The maximum atomic E-state index is 12.7. The Labute approximate surface area is 210 Å². The Morgan fingerprint density at radius 2 is 1.66 bits per heavy atom. The Kier molecular flexibility index (Phi) is 9.67. The van der Waals surface area contributed by atoms with Crippen molar-refractivity contribution in [2.75, 3.05) is 13.6 Å².